The summed E-state index contributed by atoms with van der Waals surface area (Å²) < 4.78 is 27.7. The number of hydrogen-bond acceptors (Lipinski definition) is 4. The van der Waals surface area contributed by atoms with Crippen LogP contribution >= 0.6 is 11.6 Å². The Hall–Kier alpha value is -1.27. The number of sulfonamides is 1. The molecule has 18 heavy (non-hydrogen) atoms. The predicted octanol–water partition coefficient (Wildman–Crippen LogP) is 1.95. The van der Waals surface area contributed by atoms with Crippen LogP contribution in [0.3, 0.4) is 0 Å². The van der Waals surface area contributed by atoms with Crippen molar-refractivity contribution >= 4 is 33.3 Å². The summed E-state index contributed by atoms with van der Waals surface area (Å²) in [6, 6.07) is 5.04. The van der Waals surface area contributed by atoms with Gasteiger partial charge < -0.3 is 10.6 Å². The molecule has 0 spiro atoms. The molecule has 0 amide bonds. The predicted molar refractivity (Wildman–Crippen MR) is 70.5 cm³/mol. The van der Waals surface area contributed by atoms with Crippen LogP contribution in [-0.2, 0) is 10.0 Å². The largest absolute Gasteiger partial charge is 0.352 e. The van der Waals surface area contributed by atoms with Gasteiger partial charge in [-0.1, -0.05) is 17.7 Å². The number of para-hydroxylation sites is 1. The number of benzene rings is 1. The zero-order valence-electron chi connectivity index (χ0n) is 9.48. The van der Waals surface area contributed by atoms with Crippen LogP contribution in [0.2, 0.25) is 5.02 Å². The second kappa shape index (κ2) is 4.13. The summed E-state index contributed by atoms with van der Waals surface area (Å²) in [7, 11) is -3.66. The highest BCUT2D eigenvalue weighted by Gasteiger charge is 2.28. The van der Waals surface area contributed by atoms with E-state index >= 15 is 0 Å². The first-order chi connectivity index (χ1) is 8.56. The third-order valence-electron chi connectivity index (χ3n) is 3.15. The molecule has 1 aliphatic carbocycles. The number of hydrogen-bond donors (Lipinski definition) is 2. The van der Waals surface area contributed by atoms with Crippen molar-refractivity contribution in [1.82, 2.24) is 5.32 Å². The number of anilines is 1. The molecular weight excluding hydrogens is 274 g/mol. The first-order valence-electron chi connectivity index (χ1n) is 5.73. The van der Waals surface area contributed by atoms with Gasteiger partial charge in [-0.25, -0.2) is 0 Å². The molecule has 1 saturated carbocycles. The standard InChI is InChI=1S/C11H12ClN3O2S/c12-8-5-2-6-9-10(8)14-11(15-18(9,16)17)13-7-3-1-4-7/h2,5-7H,1,3-4H2,(H2,13,14,15). The average molecular weight is 286 g/mol. The maximum absolute atomic E-state index is 12.0. The maximum atomic E-state index is 12.0. The Morgan fingerprint density at radius 1 is 1.39 bits per heavy atom. The summed E-state index contributed by atoms with van der Waals surface area (Å²) in [5, 5.41) is 6.40. The Morgan fingerprint density at radius 3 is 2.83 bits per heavy atom. The monoisotopic (exact) mass is 285 g/mol. The molecule has 0 aromatic heterocycles. The maximum Gasteiger partial charge on any atom is 0.287 e. The number of nitrogens with zero attached hydrogens (tertiary/aromatic N) is 1. The molecule has 0 unspecified atom stereocenters. The van der Waals surface area contributed by atoms with Gasteiger partial charge in [0, 0.05) is 6.04 Å². The molecule has 0 atom stereocenters. The van der Waals surface area contributed by atoms with E-state index in [0.717, 1.165) is 19.3 Å². The van der Waals surface area contributed by atoms with Gasteiger partial charge >= 0.3 is 0 Å². The minimum absolute atomic E-state index is 0.120. The first-order valence-corrected chi connectivity index (χ1v) is 7.55. The van der Waals surface area contributed by atoms with E-state index in [2.05, 4.69) is 15.0 Å². The zero-order chi connectivity index (χ0) is 12.8. The van der Waals surface area contributed by atoms with Crippen molar-refractivity contribution in [2.75, 3.05) is 5.32 Å². The van der Waals surface area contributed by atoms with Crippen LogP contribution in [0, 0.1) is 0 Å². The van der Waals surface area contributed by atoms with E-state index in [0.29, 0.717) is 16.8 Å². The van der Waals surface area contributed by atoms with E-state index in [-0.39, 0.29) is 10.9 Å². The number of halogens is 1. The van der Waals surface area contributed by atoms with Crippen LogP contribution in [0.1, 0.15) is 19.3 Å². The van der Waals surface area contributed by atoms with Crippen LogP contribution < -0.4 is 10.6 Å². The minimum atomic E-state index is -3.66. The fourth-order valence-corrected chi connectivity index (χ4v) is 3.34. The summed E-state index contributed by atoms with van der Waals surface area (Å²) in [5.41, 5.74) is 0.399. The molecule has 1 fully saturated rings. The lowest BCUT2D eigenvalue weighted by molar-refractivity contribution is 0.383. The molecule has 2 N–H and O–H groups in total. The van der Waals surface area contributed by atoms with Crippen molar-refractivity contribution in [2.45, 2.75) is 30.2 Å². The van der Waals surface area contributed by atoms with Crippen LogP contribution in [0.4, 0.5) is 5.69 Å². The number of rotatable bonds is 1. The molecule has 1 aliphatic heterocycles. The summed E-state index contributed by atoms with van der Waals surface area (Å²) in [4.78, 5) is 0.120. The highest BCUT2D eigenvalue weighted by molar-refractivity contribution is 7.90. The first kappa shape index (κ1) is 11.8. The van der Waals surface area contributed by atoms with E-state index in [1.807, 2.05) is 0 Å². The lowest BCUT2D eigenvalue weighted by Crippen LogP contribution is -2.44. The van der Waals surface area contributed by atoms with Crippen LogP contribution in [0.5, 0.6) is 0 Å². The lowest BCUT2D eigenvalue weighted by atomic mass is 9.93. The van der Waals surface area contributed by atoms with E-state index < -0.39 is 10.0 Å². The van der Waals surface area contributed by atoms with Gasteiger partial charge in [-0.2, -0.15) is 8.42 Å². The minimum Gasteiger partial charge on any atom is -0.352 e. The van der Waals surface area contributed by atoms with E-state index in [1.165, 1.54) is 6.07 Å². The van der Waals surface area contributed by atoms with Crippen LogP contribution in [-0.4, -0.2) is 20.4 Å². The molecule has 0 radical (unpaired) electrons. The SMILES string of the molecule is O=S1(=O)N=C(NC2CCC2)Nc2c(Cl)cccc21. The third-order valence-corrected chi connectivity index (χ3v) is 4.79. The topological polar surface area (TPSA) is 70.6 Å². The molecule has 5 nitrogen and oxygen atoms in total. The molecule has 0 saturated heterocycles. The Balaban J connectivity index is 1.98. The molecular formula is C11H12ClN3O2S. The quantitative estimate of drug-likeness (QED) is 0.827. The third kappa shape index (κ3) is 1.95. The van der Waals surface area contributed by atoms with Crippen LogP contribution in [0.15, 0.2) is 27.5 Å². The second-order valence-electron chi connectivity index (χ2n) is 4.43. The highest BCUT2D eigenvalue weighted by Crippen LogP contribution is 2.33. The number of nitrogens with one attached hydrogen (secondary N) is 2. The normalized spacial score (nSPS) is 21.3. The van der Waals surface area contributed by atoms with Crippen LogP contribution in [0.25, 0.3) is 0 Å². The molecule has 1 aromatic rings. The molecule has 2 aliphatic rings. The Labute approximate surface area is 110 Å². The Kier molecular flexibility index (Phi) is 2.71. The average Bonchev–Trinajstić information content (AvgIpc) is 2.24. The highest BCUT2D eigenvalue weighted by atomic mass is 35.5. The molecule has 0 bridgehead atoms. The van der Waals surface area contributed by atoms with Crippen molar-refractivity contribution in [3.8, 4) is 0 Å². The number of fused-ring (bicyclic) bond motifs is 1. The second-order valence-corrected chi connectivity index (χ2v) is 6.40. The van der Waals surface area contributed by atoms with E-state index in [9.17, 15) is 8.42 Å². The van der Waals surface area contributed by atoms with Gasteiger partial charge in [0.15, 0.2) is 0 Å². The zero-order valence-corrected chi connectivity index (χ0v) is 11.1. The van der Waals surface area contributed by atoms with Crippen molar-refractivity contribution in [1.29, 1.82) is 0 Å². The van der Waals surface area contributed by atoms with E-state index in [1.54, 1.807) is 12.1 Å². The van der Waals surface area contributed by atoms with Gasteiger partial charge in [0.2, 0.25) is 5.96 Å². The summed E-state index contributed by atoms with van der Waals surface area (Å²) in [5.74, 6) is 0.264. The van der Waals surface area contributed by atoms with Gasteiger partial charge in [0.05, 0.1) is 10.7 Å². The molecule has 96 valence electrons. The van der Waals surface area contributed by atoms with Gasteiger partial charge in [-0.15, -0.1) is 4.40 Å². The molecule has 1 aromatic carbocycles. The molecule has 3 rings (SSSR count). The van der Waals surface area contributed by atoms with Crippen molar-refractivity contribution in [3.05, 3.63) is 23.2 Å². The van der Waals surface area contributed by atoms with Crippen molar-refractivity contribution in [3.63, 3.8) is 0 Å². The van der Waals surface area contributed by atoms with Gasteiger partial charge in [-0.05, 0) is 31.4 Å². The van der Waals surface area contributed by atoms with Gasteiger partial charge in [-0.3, -0.25) is 0 Å². The molecule has 7 heteroatoms. The summed E-state index contributed by atoms with van der Waals surface area (Å²) >= 11 is 6.01. The fraction of sp³-hybridized carbons (Fsp3) is 0.364. The Morgan fingerprint density at radius 2 is 2.17 bits per heavy atom. The fourth-order valence-electron chi connectivity index (χ4n) is 1.96. The van der Waals surface area contributed by atoms with Gasteiger partial charge in [0.1, 0.15) is 4.90 Å². The lowest BCUT2D eigenvalue weighted by Gasteiger charge is -2.29. The van der Waals surface area contributed by atoms with E-state index in [4.69, 9.17) is 11.6 Å². The van der Waals surface area contributed by atoms with Crippen molar-refractivity contribution < 1.29 is 8.42 Å². The van der Waals surface area contributed by atoms with Gasteiger partial charge in [0.25, 0.3) is 10.0 Å². The Bertz CT molecular complexity index is 623. The summed E-state index contributed by atoms with van der Waals surface area (Å²) in [6.07, 6.45) is 3.24. The molecule has 1 heterocycles. The van der Waals surface area contributed by atoms with Crippen molar-refractivity contribution in [2.24, 2.45) is 4.40 Å². The summed E-state index contributed by atoms with van der Waals surface area (Å²) in [6.45, 7) is 0. The smallest absolute Gasteiger partial charge is 0.287 e. The number of guanidine groups is 1.